The standard InChI is InChI=1S/C18H14N2OS/c1-13-6-8-14(9-7-13)18-20-16(12-22-18)11-21-17-5-3-2-4-15(17)10-19/h2-9,12H,11H2,1H3. The van der Waals surface area contributed by atoms with Gasteiger partial charge in [-0.1, -0.05) is 42.0 Å². The number of rotatable bonds is 4. The summed E-state index contributed by atoms with van der Waals surface area (Å²) in [6.45, 7) is 2.43. The van der Waals surface area contributed by atoms with Gasteiger partial charge in [0.05, 0.1) is 11.3 Å². The van der Waals surface area contributed by atoms with Gasteiger partial charge in [0, 0.05) is 10.9 Å². The third kappa shape index (κ3) is 3.16. The maximum atomic E-state index is 9.05. The molecule has 22 heavy (non-hydrogen) atoms. The molecule has 3 rings (SSSR count). The van der Waals surface area contributed by atoms with Crippen molar-refractivity contribution in [3.8, 4) is 22.4 Å². The molecule has 2 aromatic carbocycles. The van der Waals surface area contributed by atoms with Crippen molar-refractivity contribution in [3.63, 3.8) is 0 Å². The molecule has 1 aromatic heterocycles. The fraction of sp³-hybridized carbons (Fsp3) is 0.111. The van der Waals surface area contributed by atoms with E-state index in [1.54, 1.807) is 23.5 Å². The summed E-state index contributed by atoms with van der Waals surface area (Å²) in [6.07, 6.45) is 0. The number of nitriles is 1. The Morgan fingerprint density at radius 3 is 2.68 bits per heavy atom. The molecule has 0 aliphatic heterocycles. The van der Waals surface area contributed by atoms with Crippen LogP contribution in [0.5, 0.6) is 5.75 Å². The number of benzene rings is 2. The van der Waals surface area contributed by atoms with E-state index in [2.05, 4.69) is 42.2 Å². The molecular formula is C18H14N2OS. The number of aromatic nitrogens is 1. The zero-order chi connectivity index (χ0) is 15.4. The zero-order valence-corrected chi connectivity index (χ0v) is 12.9. The number of hydrogen-bond donors (Lipinski definition) is 0. The predicted octanol–water partition coefficient (Wildman–Crippen LogP) is 4.57. The summed E-state index contributed by atoms with van der Waals surface area (Å²) in [7, 11) is 0. The summed E-state index contributed by atoms with van der Waals surface area (Å²) in [5.41, 5.74) is 3.75. The number of ether oxygens (including phenoxy) is 1. The lowest BCUT2D eigenvalue weighted by Crippen LogP contribution is -1.97. The molecule has 0 unspecified atom stereocenters. The van der Waals surface area contributed by atoms with Crippen molar-refractivity contribution in [3.05, 3.63) is 70.7 Å². The Hall–Kier alpha value is -2.64. The Labute approximate surface area is 133 Å². The van der Waals surface area contributed by atoms with Crippen molar-refractivity contribution in [1.82, 2.24) is 4.98 Å². The molecule has 3 nitrogen and oxygen atoms in total. The minimum atomic E-state index is 0.362. The van der Waals surface area contributed by atoms with E-state index in [1.165, 1.54) is 5.56 Å². The molecule has 0 saturated heterocycles. The second kappa shape index (κ2) is 6.42. The first-order valence-electron chi connectivity index (χ1n) is 6.89. The van der Waals surface area contributed by atoms with Gasteiger partial charge in [0.25, 0.3) is 0 Å². The normalized spacial score (nSPS) is 10.2. The van der Waals surface area contributed by atoms with Crippen molar-refractivity contribution >= 4 is 11.3 Å². The van der Waals surface area contributed by atoms with E-state index in [4.69, 9.17) is 10.00 Å². The average molecular weight is 306 g/mol. The van der Waals surface area contributed by atoms with Crippen LogP contribution >= 0.6 is 11.3 Å². The lowest BCUT2D eigenvalue weighted by molar-refractivity contribution is 0.301. The minimum Gasteiger partial charge on any atom is -0.486 e. The van der Waals surface area contributed by atoms with Crippen LogP contribution in [0.2, 0.25) is 0 Å². The molecular weight excluding hydrogens is 292 g/mol. The van der Waals surface area contributed by atoms with Gasteiger partial charge in [0.15, 0.2) is 0 Å². The molecule has 0 aliphatic carbocycles. The summed E-state index contributed by atoms with van der Waals surface area (Å²) in [4.78, 5) is 4.59. The van der Waals surface area contributed by atoms with Crippen molar-refractivity contribution in [2.45, 2.75) is 13.5 Å². The molecule has 0 amide bonds. The number of hydrogen-bond acceptors (Lipinski definition) is 4. The van der Waals surface area contributed by atoms with Crippen LogP contribution < -0.4 is 4.74 Å². The largest absolute Gasteiger partial charge is 0.486 e. The first-order valence-corrected chi connectivity index (χ1v) is 7.77. The first-order chi connectivity index (χ1) is 10.8. The lowest BCUT2D eigenvalue weighted by Gasteiger charge is -2.05. The van der Waals surface area contributed by atoms with Crippen molar-refractivity contribution in [2.24, 2.45) is 0 Å². The Bertz CT molecular complexity index is 816. The molecule has 0 saturated carbocycles. The van der Waals surface area contributed by atoms with Gasteiger partial charge in [-0.3, -0.25) is 0 Å². The summed E-state index contributed by atoms with van der Waals surface area (Å²) >= 11 is 1.60. The van der Waals surface area contributed by atoms with Gasteiger partial charge in [0.2, 0.25) is 0 Å². The van der Waals surface area contributed by atoms with Crippen LogP contribution in [-0.4, -0.2) is 4.98 Å². The fourth-order valence-corrected chi connectivity index (χ4v) is 2.85. The zero-order valence-electron chi connectivity index (χ0n) is 12.1. The highest BCUT2D eigenvalue weighted by Crippen LogP contribution is 2.25. The smallest absolute Gasteiger partial charge is 0.137 e. The molecule has 108 valence electrons. The van der Waals surface area contributed by atoms with E-state index in [-0.39, 0.29) is 0 Å². The van der Waals surface area contributed by atoms with Crippen LogP contribution in [0.1, 0.15) is 16.8 Å². The highest BCUT2D eigenvalue weighted by atomic mass is 32.1. The second-order valence-electron chi connectivity index (χ2n) is 4.91. The van der Waals surface area contributed by atoms with Crippen LogP contribution in [0.3, 0.4) is 0 Å². The molecule has 0 spiro atoms. The number of aryl methyl sites for hydroxylation is 1. The molecule has 3 aromatic rings. The van der Waals surface area contributed by atoms with E-state index >= 15 is 0 Å². The molecule has 0 radical (unpaired) electrons. The highest BCUT2D eigenvalue weighted by Gasteiger charge is 2.07. The van der Waals surface area contributed by atoms with Crippen LogP contribution in [0, 0.1) is 18.3 Å². The van der Waals surface area contributed by atoms with E-state index in [0.717, 1.165) is 16.3 Å². The van der Waals surface area contributed by atoms with E-state index in [0.29, 0.717) is 17.9 Å². The van der Waals surface area contributed by atoms with Crippen LogP contribution in [0.4, 0.5) is 0 Å². The number of thiazole rings is 1. The van der Waals surface area contributed by atoms with E-state index in [1.807, 2.05) is 17.5 Å². The van der Waals surface area contributed by atoms with Crippen LogP contribution in [-0.2, 0) is 6.61 Å². The molecule has 0 atom stereocenters. The van der Waals surface area contributed by atoms with Gasteiger partial charge in [-0.25, -0.2) is 4.98 Å². The molecule has 0 aliphatic rings. The summed E-state index contributed by atoms with van der Waals surface area (Å²) in [5, 5.41) is 12.0. The van der Waals surface area contributed by atoms with E-state index in [9.17, 15) is 0 Å². The van der Waals surface area contributed by atoms with Gasteiger partial charge in [-0.15, -0.1) is 11.3 Å². The van der Waals surface area contributed by atoms with Crippen LogP contribution in [0.15, 0.2) is 53.9 Å². The number of nitrogens with zero attached hydrogens (tertiary/aromatic N) is 2. The molecule has 1 heterocycles. The molecule has 0 fully saturated rings. The van der Waals surface area contributed by atoms with Gasteiger partial charge < -0.3 is 4.74 Å². The first kappa shape index (κ1) is 14.3. The third-order valence-corrected chi connectivity index (χ3v) is 4.17. The summed E-state index contributed by atoms with van der Waals surface area (Å²) < 4.78 is 5.70. The maximum Gasteiger partial charge on any atom is 0.137 e. The average Bonchev–Trinajstić information content (AvgIpc) is 3.03. The molecule has 0 N–H and O–H groups in total. The van der Waals surface area contributed by atoms with Gasteiger partial charge >= 0.3 is 0 Å². The fourth-order valence-electron chi connectivity index (χ4n) is 2.04. The molecule has 4 heteroatoms. The minimum absolute atomic E-state index is 0.362. The lowest BCUT2D eigenvalue weighted by atomic mass is 10.2. The van der Waals surface area contributed by atoms with Crippen molar-refractivity contribution in [1.29, 1.82) is 5.26 Å². The van der Waals surface area contributed by atoms with Gasteiger partial charge in [-0.2, -0.15) is 5.26 Å². The molecule has 0 bridgehead atoms. The Balaban J connectivity index is 1.72. The summed E-state index contributed by atoms with van der Waals surface area (Å²) in [5.74, 6) is 0.592. The second-order valence-corrected chi connectivity index (χ2v) is 5.76. The summed E-state index contributed by atoms with van der Waals surface area (Å²) in [6, 6.07) is 17.7. The van der Waals surface area contributed by atoms with Crippen molar-refractivity contribution < 1.29 is 4.74 Å². The maximum absolute atomic E-state index is 9.05. The Morgan fingerprint density at radius 2 is 1.91 bits per heavy atom. The van der Waals surface area contributed by atoms with Crippen molar-refractivity contribution in [2.75, 3.05) is 0 Å². The van der Waals surface area contributed by atoms with E-state index < -0.39 is 0 Å². The quantitative estimate of drug-likeness (QED) is 0.709. The highest BCUT2D eigenvalue weighted by molar-refractivity contribution is 7.13. The Morgan fingerprint density at radius 1 is 1.14 bits per heavy atom. The third-order valence-electron chi connectivity index (χ3n) is 3.23. The topological polar surface area (TPSA) is 45.9 Å². The van der Waals surface area contributed by atoms with Gasteiger partial charge in [-0.05, 0) is 19.1 Å². The van der Waals surface area contributed by atoms with Crippen LogP contribution in [0.25, 0.3) is 10.6 Å². The Kier molecular flexibility index (Phi) is 4.17. The number of para-hydroxylation sites is 1. The SMILES string of the molecule is Cc1ccc(-c2nc(COc3ccccc3C#N)cs2)cc1. The monoisotopic (exact) mass is 306 g/mol. The van der Waals surface area contributed by atoms with Gasteiger partial charge in [0.1, 0.15) is 23.4 Å². The predicted molar refractivity (Wildman–Crippen MR) is 87.8 cm³/mol.